The quantitative estimate of drug-likeness (QED) is 0.926. The lowest BCUT2D eigenvalue weighted by Gasteiger charge is -2.22. The van der Waals surface area contributed by atoms with Gasteiger partial charge < -0.3 is 4.74 Å². The second kappa shape index (κ2) is 6.05. The van der Waals surface area contributed by atoms with Gasteiger partial charge in [-0.3, -0.25) is 14.4 Å². The molecule has 1 aliphatic heterocycles. The Kier molecular flexibility index (Phi) is 4.12. The molecular weight excluding hydrogens is 304 g/mol. The molecule has 22 heavy (non-hydrogen) atoms. The Balaban J connectivity index is 1.79. The molecule has 3 heterocycles. The van der Waals surface area contributed by atoms with Crippen LogP contribution in [0.15, 0.2) is 35.6 Å². The Bertz CT molecular complexity index is 751. The predicted octanol–water partition coefficient (Wildman–Crippen LogP) is 1.74. The number of rotatable bonds is 4. The van der Waals surface area contributed by atoms with E-state index < -0.39 is 10.0 Å². The average molecular weight is 322 g/mol. The highest BCUT2D eigenvalue weighted by molar-refractivity contribution is 7.92. The number of anilines is 1. The summed E-state index contributed by atoms with van der Waals surface area (Å²) in [6.07, 6.45) is 6.22. The monoisotopic (exact) mass is 322 g/mol. The van der Waals surface area contributed by atoms with Crippen LogP contribution in [0.2, 0.25) is 0 Å². The SMILES string of the molecule is Cc1cc(NS(=O)(=O)c2cnn(C3CCOCC3)c2)ccn1. The van der Waals surface area contributed by atoms with Crippen molar-refractivity contribution in [3.8, 4) is 0 Å². The molecule has 0 unspecified atom stereocenters. The topological polar surface area (TPSA) is 86.1 Å². The van der Waals surface area contributed by atoms with Crippen LogP contribution < -0.4 is 4.72 Å². The van der Waals surface area contributed by atoms with Gasteiger partial charge in [0.15, 0.2) is 0 Å². The van der Waals surface area contributed by atoms with Crippen LogP contribution in [0.3, 0.4) is 0 Å². The molecule has 118 valence electrons. The lowest BCUT2D eigenvalue weighted by Crippen LogP contribution is -2.20. The van der Waals surface area contributed by atoms with Crippen molar-refractivity contribution in [3.63, 3.8) is 0 Å². The molecule has 1 fully saturated rings. The first-order valence-corrected chi connectivity index (χ1v) is 8.60. The van der Waals surface area contributed by atoms with Gasteiger partial charge in [-0.25, -0.2) is 8.42 Å². The Morgan fingerprint density at radius 2 is 2.14 bits per heavy atom. The summed E-state index contributed by atoms with van der Waals surface area (Å²) >= 11 is 0. The first-order valence-electron chi connectivity index (χ1n) is 7.12. The lowest BCUT2D eigenvalue weighted by atomic mass is 10.1. The van der Waals surface area contributed by atoms with E-state index in [1.807, 2.05) is 0 Å². The van der Waals surface area contributed by atoms with E-state index in [4.69, 9.17) is 4.74 Å². The van der Waals surface area contributed by atoms with Crippen LogP contribution in [0.5, 0.6) is 0 Å². The third kappa shape index (κ3) is 3.28. The number of pyridine rings is 1. The zero-order valence-corrected chi connectivity index (χ0v) is 13.1. The van der Waals surface area contributed by atoms with Gasteiger partial charge in [0.05, 0.1) is 17.9 Å². The average Bonchev–Trinajstić information content (AvgIpc) is 2.98. The normalized spacial score (nSPS) is 16.6. The fraction of sp³-hybridized carbons (Fsp3) is 0.429. The van der Waals surface area contributed by atoms with E-state index in [0.29, 0.717) is 18.9 Å². The number of aryl methyl sites for hydroxylation is 1. The van der Waals surface area contributed by atoms with Gasteiger partial charge in [-0.2, -0.15) is 5.10 Å². The Labute approximate surface area is 129 Å². The maximum atomic E-state index is 12.4. The highest BCUT2D eigenvalue weighted by Gasteiger charge is 2.21. The molecule has 3 rings (SSSR count). The minimum atomic E-state index is -3.64. The van der Waals surface area contributed by atoms with E-state index in [2.05, 4.69) is 14.8 Å². The van der Waals surface area contributed by atoms with Gasteiger partial charge in [0.2, 0.25) is 0 Å². The molecule has 0 bridgehead atoms. The van der Waals surface area contributed by atoms with Gasteiger partial charge >= 0.3 is 0 Å². The number of aromatic nitrogens is 3. The summed E-state index contributed by atoms with van der Waals surface area (Å²) in [6, 6.07) is 3.49. The summed E-state index contributed by atoms with van der Waals surface area (Å²) in [6.45, 7) is 3.17. The van der Waals surface area contributed by atoms with Crippen molar-refractivity contribution in [2.45, 2.75) is 30.7 Å². The van der Waals surface area contributed by atoms with Crippen LogP contribution in [0.25, 0.3) is 0 Å². The van der Waals surface area contributed by atoms with Gasteiger partial charge in [0, 0.05) is 31.3 Å². The third-order valence-corrected chi connectivity index (χ3v) is 4.94. The maximum absolute atomic E-state index is 12.4. The third-order valence-electron chi connectivity index (χ3n) is 3.60. The molecule has 0 radical (unpaired) electrons. The van der Waals surface area contributed by atoms with Crippen LogP contribution in [-0.2, 0) is 14.8 Å². The Morgan fingerprint density at radius 3 is 2.86 bits per heavy atom. The molecule has 7 nitrogen and oxygen atoms in total. The van der Waals surface area contributed by atoms with E-state index >= 15 is 0 Å². The number of hydrogen-bond donors (Lipinski definition) is 1. The van der Waals surface area contributed by atoms with Crippen molar-refractivity contribution in [1.82, 2.24) is 14.8 Å². The molecule has 1 N–H and O–H groups in total. The molecule has 1 aliphatic rings. The zero-order valence-electron chi connectivity index (χ0n) is 12.3. The molecule has 0 aromatic carbocycles. The molecule has 8 heteroatoms. The summed E-state index contributed by atoms with van der Waals surface area (Å²) in [5, 5.41) is 4.19. The molecular formula is C14H18N4O3S. The van der Waals surface area contributed by atoms with E-state index in [1.54, 1.807) is 36.1 Å². The summed E-state index contributed by atoms with van der Waals surface area (Å²) in [5.74, 6) is 0. The van der Waals surface area contributed by atoms with Crippen LogP contribution in [0.1, 0.15) is 24.6 Å². The number of hydrogen-bond acceptors (Lipinski definition) is 5. The molecule has 0 saturated carbocycles. The zero-order chi connectivity index (χ0) is 15.6. The fourth-order valence-electron chi connectivity index (χ4n) is 2.43. The smallest absolute Gasteiger partial charge is 0.265 e. The predicted molar refractivity (Wildman–Crippen MR) is 81.1 cm³/mol. The van der Waals surface area contributed by atoms with Gasteiger partial charge in [-0.15, -0.1) is 0 Å². The van der Waals surface area contributed by atoms with Crippen molar-refractivity contribution in [2.24, 2.45) is 0 Å². The standard InChI is InChI=1S/C14H18N4O3S/c1-11-8-12(2-5-15-11)17-22(19,20)14-9-16-18(10-14)13-3-6-21-7-4-13/h2,5,8-10,13H,3-4,6-7H2,1H3,(H,15,17). The number of ether oxygens (including phenoxy) is 1. The minimum Gasteiger partial charge on any atom is -0.381 e. The van der Waals surface area contributed by atoms with Crippen LogP contribution >= 0.6 is 0 Å². The molecule has 0 aliphatic carbocycles. The van der Waals surface area contributed by atoms with Crippen LogP contribution in [-0.4, -0.2) is 36.4 Å². The Morgan fingerprint density at radius 1 is 1.36 bits per heavy atom. The molecule has 2 aromatic heterocycles. The van der Waals surface area contributed by atoms with E-state index in [-0.39, 0.29) is 10.9 Å². The first-order chi connectivity index (χ1) is 10.5. The van der Waals surface area contributed by atoms with E-state index in [9.17, 15) is 8.42 Å². The fourth-order valence-corrected chi connectivity index (χ4v) is 3.42. The van der Waals surface area contributed by atoms with Crippen molar-refractivity contribution >= 4 is 15.7 Å². The summed E-state index contributed by atoms with van der Waals surface area (Å²) in [7, 11) is -3.64. The van der Waals surface area contributed by atoms with Gasteiger partial charge in [-0.1, -0.05) is 0 Å². The van der Waals surface area contributed by atoms with Crippen molar-refractivity contribution < 1.29 is 13.2 Å². The second-order valence-corrected chi connectivity index (χ2v) is 6.97. The number of sulfonamides is 1. The van der Waals surface area contributed by atoms with Crippen molar-refractivity contribution in [1.29, 1.82) is 0 Å². The van der Waals surface area contributed by atoms with Crippen molar-refractivity contribution in [2.75, 3.05) is 17.9 Å². The van der Waals surface area contributed by atoms with E-state index in [0.717, 1.165) is 18.5 Å². The minimum absolute atomic E-state index is 0.161. The molecule has 2 aromatic rings. The summed E-state index contributed by atoms with van der Waals surface area (Å²) < 4.78 is 34.4. The van der Waals surface area contributed by atoms with Gasteiger partial charge in [0.25, 0.3) is 10.0 Å². The summed E-state index contributed by atoms with van der Waals surface area (Å²) in [5.41, 5.74) is 1.24. The largest absolute Gasteiger partial charge is 0.381 e. The van der Waals surface area contributed by atoms with Crippen LogP contribution in [0, 0.1) is 6.92 Å². The molecule has 0 spiro atoms. The van der Waals surface area contributed by atoms with Gasteiger partial charge in [-0.05, 0) is 31.9 Å². The molecule has 0 atom stereocenters. The van der Waals surface area contributed by atoms with Crippen molar-refractivity contribution in [3.05, 3.63) is 36.4 Å². The van der Waals surface area contributed by atoms with E-state index in [1.165, 1.54) is 6.20 Å². The number of nitrogens with zero attached hydrogens (tertiary/aromatic N) is 3. The number of nitrogens with one attached hydrogen (secondary N) is 1. The van der Waals surface area contributed by atoms with Gasteiger partial charge in [0.1, 0.15) is 4.90 Å². The second-order valence-electron chi connectivity index (χ2n) is 5.29. The molecule has 0 amide bonds. The lowest BCUT2D eigenvalue weighted by molar-refractivity contribution is 0.0662. The highest BCUT2D eigenvalue weighted by atomic mass is 32.2. The van der Waals surface area contributed by atoms with Crippen LogP contribution in [0.4, 0.5) is 5.69 Å². The maximum Gasteiger partial charge on any atom is 0.265 e. The molecule has 1 saturated heterocycles. The highest BCUT2D eigenvalue weighted by Crippen LogP contribution is 2.22. The first kappa shape index (κ1) is 15.0. The Hall–Kier alpha value is -1.93. The summed E-state index contributed by atoms with van der Waals surface area (Å²) in [4.78, 5) is 4.21.